The van der Waals surface area contributed by atoms with Crippen molar-refractivity contribution in [3.8, 4) is 0 Å². The van der Waals surface area contributed by atoms with Gasteiger partial charge >= 0.3 is 0 Å². The zero-order valence-corrected chi connectivity index (χ0v) is 22.1. The number of aromatic nitrogens is 1. The highest BCUT2D eigenvalue weighted by atomic mass is 19.1. The topological polar surface area (TPSA) is 57.3 Å². The monoisotopic (exact) mass is 520 g/mol. The van der Waals surface area contributed by atoms with Crippen LogP contribution < -0.4 is 15.8 Å². The summed E-state index contributed by atoms with van der Waals surface area (Å²) >= 11 is 0. The Hall–Kier alpha value is -4.19. The van der Waals surface area contributed by atoms with Gasteiger partial charge in [-0.15, -0.1) is 0 Å². The largest absolute Gasteiger partial charge is 0.349 e. The Bertz CT molecular complexity index is 1430. The Kier molecular flexibility index (Phi) is 7.01. The number of hydrazine groups is 1. The van der Waals surface area contributed by atoms with Crippen LogP contribution in [0.2, 0.25) is 0 Å². The Morgan fingerprint density at radius 2 is 1.95 bits per heavy atom. The van der Waals surface area contributed by atoms with Crippen LogP contribution in [0, 0.1) is 17.7 Å². The average molecular weight is 521 g/mol. The Morgan fingerprint density at radius 3 is 2.72 bits per heavy atom. The molecule has 3 aromatic rings. The number of amides is 1. The molecule has 1 aromatic heterocycles. The maximum Gasteiger partial charge on any atom is 0.220 e. The van der Waals surface area contributed by atoms with Gasteiger partial charge in [0.15, 0.2) is 0 Å². The number of halogens is 1. The summed E-state index contributed by atoms with van der Waals surface area (Å²) in [6.45, 7) is 2.28. The van der Waals surface area contributed by atoms with E-state index in [4.69, 9.17) is 0 Å². The SMILES string of the molecule is C[C@H]1C2=CNN(c3ccc(F)cc3)C2=CC2=C1[C@@H](CC(NC(=O)CCc1cccnc1)c1ccccc1)CC2. The van der Waals surface area contributed by atoms with Crippen molar-refractivity contribution >= 4 is 11.6 Å². The second-order valence-electron chi connectivity index (χ2n) is 10.6. The number of anilines is 1. The molecule has 2 aliphatic carbocycles. The maximum absolute atomic E-state index is 13.5. The highest BCUT2D eigenvalue weighted by Gasteiger charge is 2.39. The van der Waals surface area contributed by atoms with Crippen LogP contribution in [0.3, 0.4) is 0 Å². The van der Waals surface area contributed by atoms with Gasteiger partial charge in [-0.25, -0.2) is 4.39 Å². The van der Waals surface area contributed by atoms with Gasteiger partial charge < -0.3 is 10.7 Å². The van der Waals surface area contributed by atoms with E-state index in [2.05, 4.69) is 47.1 Å². The highest BCUT2D eigenvalue weighted by Crippen LogP contribution is 2.49. The smallest absolute Gasteiger partial charge is 0.220 e. The summed E-state index contributed by atoms with van der Waals surface area (Å²) in [7, 11) is 0. The summed E-state index contributed by atoms with van der Waals surface area (Å²) < 4.78 is 13.5. The number of carbonyl (C=O) groups is 1. The molecule has 0 radical (unpaired) electrons. The van der Waals surface area contributed by atoms with Crippen LogP contribution in [0.4, 0.5) is 10.1 Å². The minimum absolute atomic E-state index is 0.0478. The number of hydrogen-bond donors (Lipinski definition) is 2. The molecular weight excluding hydrogens is 487 g/mol. The molecule has 0 bridgehead atoms. The van der Waals surface area contributed by atoms with Crippen molar-refractivity contribution in [1.29, 1.82) is 0 Å². The number of nitrogens with zero attached hydrogens (tertiary/aromatic N) is 2. The van der Waals surface area contributed by atoms with Crippen molar-refractivity contribution in [1.82, 2.24) is 15.7 Å². The molecule has 6 heteroatoms. The van der Waals surface area contributed by atoms with Crippen LogP contribution in [0.1, 0.15) is 49.8 Å². The summed E-state index contributed by atoms with van der Waals surface area (Å²) in [4.78, 5) is 17.2. The third kappa shape index (κ3) is 5.24. The minimum atomic E-state index is -0.238. The predicted molar refractivity (Wildman–Crippen MR) is 152 cm³/mol. The maximum atomic E-state index is 13.5. The fourth-order valence-electron chi connectivity index (χ4n) is 6.28. The molecule has 198 valence electrons. The first kappa shape index (κ1) is 25.1. The second kappa shape index (κ2) is 10.9. The first-order valence-corrected chi connectivity index (χ1v) is 13.8. The standard InChI is InChI=1S/C33H33FN4O/c1-22-29-21-36-38(28-14-12-27(34)13-15-28)31(29)19-26-11-10-25(33(22)26)18-30(24-7-3-2-4-8-24)37-32(39)16-9-23-6-5-17-35-20-23/h2-8,12-15,17,19-22,25,30,36H,9-11,16,18H2,1H3,(H,37,39)/t22-,25+,30?/m0/s1. The van der Waals surface area contributed by atoms with Crippen molar-refractivity contribution in [2.45, 2.75) is 45.1 Å². The van der Waals surface area contributed by atoms with Crippen LogP contribution in [-0.4, -0.2) is 10.9 Å². The van der Waals surface area contributed by atoms with Gasteiger partial charge in [-0.2, -0.15) is 0 Å². The Labute approximate surface area is 229 Å². The number of hydrogen-bond acceptors (Lipinski definition) is 4. The summed E-state index contributed by atoms with van der Waals surface area (Å²) in [6.07, 6.45) is 12.0. The number of fused-ring (bicyclic) bond motifs is 1. The van der Waals surface area contributed by atoms with Crippen molar-refractivity contribution in [3.05, 3.63) is 131 Å². The number of aryl methyl sites for hydroxylation is 1. The van der Waals surface area contributed by atoms with Crippen LogP contribution in [0.15, 0.2) is 114 Å². The molecule has 0 saturated carbocycles. The molecule has 3 aliphatic rings. The number of nitrogens with one attached hydrogen (secondary N) is 2. The highest BCUT2D eigenvalue weighted by molar-refractivity contribution is 5.76. The lowest BCUT2D eigenvalue weighted by molar-refractivity contribution is -0.121. The van der Waals surface area contributed by atoms with Crippen LogP contribution in [0.5, 0.6) is 0 Å². The normalized spacial score (nSPS) is 20.5. The van der Waals surface area contributed by atoms with Crippen molar-refractivity contribution in [2.75, 3.05) is 5.01 Å². The molecule has 2 heterocycles. The van der Waals surface area contributed by atoms with E-state index >= 15 is 0 Å². The molecule has 0 spiro atoms. The molecule has 1 unspecified atom stereocenters. The third-order valence-electron chi connectivity index (χ3n) is 8.21. The van der Waals surface area contributed by atoms with Crippen LogP contribution in [-0.2, 0) is 11.2 Å². The van der Waals surface area contributed by atoms with Crippen LogP contribution >= 0.6 is 0 Å². The molecule has 6 rings (SSSR count). The zero-order chi connectivity index (χ0) is 26.8. The van der Waals surface area contributed by atoms with Gasteiger partial charge in [0.05, 0.1) is 17.4 Å². The lowest BCUT2D eigenvalue weighted by Crippen LogP contribution is -2.31. The molecule has 2 N–H and O–H groups in total. The van der Waals surface area contributed by atoms with E-state index in [0.717, 1.165) is 41.8 Å². The van der Waals surface area contributed by atoms with E-state index in [9.17, 15) is 9.18 Å². The molecule has 1 amide bonds. The van der Waals surface area contributed by atoms with E-state index in [1.807, 2.05) is 41.5 Å². The van der Waals surface area contributed by atoms with E-state index in [1.165, 1.54) is 28.9 Å². The lowest BCUT2D eigenvalue weighted by atomic mass is 9.78. The number of carbonyl (C=O) groups excluding carboxylic acids is 1. The summed E-state index contributed by atoms with van der Waals surface area (Å²) in [5, 5.41) is 5.40. The Balaban J connectivity index is 1.21. The molecule has 2 aromatic carbocycles. The molecule has 1 aliphatic heterocycles. The summed E-state index contributed by atoms with van der Waals surface area (Å²) in [6, 6.07) is 20.8. The average Bonchev–Trinajstić information content (AvgIpc) is 3.58. The first-order chi connectivity index (χ1) is 19.1. The summed E-state index contributed by atoms with van der Waals surface area (Å²) in [5.74, 6) is 0.481. The van der Waals surface area contributed by atoms with E-state index in [-0.39, 0.29) is 23.7 Å². The molecular formula is C33H33FN4O. The minimum Gasteiger partial charge on any atom is -0.349 e. The van der Waals surface area contributed by atoms with Crippen molar-refractivity contribution in [2.24, 2.45) is 11.8 Å². The number of rotatable bonds is 8. The predicted octanol–water partition coefficient (Wildman–Crippen LogP) is 6.55. The number of benzene rings is 2. The molecule has 0 fully saturated rings. The van der Waals surface area contributed by atoms with E-state index in [1.54, 1.807) is 18.3 Å². The lowest BCUT2D eigenvalue weighted by Gasteiger charge is -2.31. The zero-order valence-electron chi connectivity index (χ0n) is 22.1. The fourth-order valence-corrected chi connectivity index (χ4v) is 6.28. The third-order valence-corrected chi connectivity index (χ3v) is 8.21. The van der Waals surface area contributed by atoms with Crippen molar-refractivity contribution in [3.63, 3.8) is 0 Å². The fraction of sp³-hybridized carbons (Fsp3) is 0.273. The Morgan fingerprint density at radius 1 is 1.13 bits per heavy atom. The number of pyridine rings is 1. The van der Waals surface area contributed by atoms with Gasteiger partial charge in [0.25, 0.3) is 0 Å². The molecule has 5 nitrogen and oxygen atoms in total. The van der Waals surface area contributed by atoms with E-state index < -0.39 is 0 Å². The van der Waals surface area contributed by atoms with Gasteiger partial charge in [0, 0.05) is 36.5 Å². The summed E-state index contributed by atoms with van der Waals surface area (Å²) in [5.41, 5.74) is 11.8. The van der Waals surface area contributed by atoms with Gasteiger partial charge in [-0.05, 0) is 84.7 Å². The van der Waals surface area contributed by atoms with Crippen molar-refractivity contribution < 1.29 is 9.18 Å². The van der Waals surface area contributed by atoms with Gasteiger partial charge in [0.1, 0.15) is 5.82 Å². The molecule has 39 heavy (non-hydrogen) atoms. The quantitative estimate of drug-likeness (QED) is 0.354. The first-order valence-electron chi connectivity index (χ1n) is 13.8. The van der Waals surface area contributed by atoms with E-state index in [0.29, 0.717) is 18.8 Å². The van der Waals surface area contributed by atoms with Gasteiger partial charge in [-0.1, -0.05) is 48.9 Å². The number of allylic oxidation sites excluding steroid dienone is 4. The molecule has 0 saturated heterocycles. The van der Waals surface area contributed by atoms with Gasteiger partial charge in [0.2, 0.25) is 5.91 Å². The second-order valence-corrected chi connectivity index (χ2v) is 10.6. The van der Waals surface area contributed by atoms with Gasteiger partial charge in [-0.3, -0.25) is 14.8 Å². The molecule has 3 atom stereocenters. The van der Waals surface area contributed by atoms with Crippen LogP contribution in [0.25, 0.3) is 0 Å².